The second-order valence-corrected chi connectivity index (χ2v) is 6.92. The van der Waals surface area contributed by atoms with E-state index in [1.807, 2.05) is 0 Å². The maximum absolute atomic E-state index is 14.2. The molecule has 0 spiro atoms. The number of morpholine rings is 1. The maximum Gasteiger partial charge on any atom is 0.246 e. The highest BCUT2D eigenvalue weighted by Gasteiger charge is 2.30. The molecule has 1 saturated heterocycles. The zero-order chi connectivity index (χ0) is 14.0. The number of ether oxygens (including phenoxy) is 1. The first-order valence-corrected chi connectivity index (χ1v) is 7.96. The Kier molecular flexibility index (Phi) is 4.57. The van der Waals surface area contributed by atoms with Crippen LogP contribution in [0.25, 0.3) is 0 Å². The third-order valence-electron chi connectivity index (χ3n) is 2.89. The average Bonchev–Trinajstić information content (AvgIpc) is 2.41. The topological polar surface area (TPSA) is 72.6 Å². The number of sulfonamides is 1. The van der Waals surface area contributed by atoms with Crippen LogP contribution in [0.3, 0.4) is 0 Å². The van der Waals surface area contributed by atoms with Gasteiger partial charge in [0.15, 0.2) is 0 Å². The van der Waals surface area contributed by atoms with Crippen LogP contribution in [0.15, 0.2) is 21.5 Å². The summed E-state index contributed by atoms with van der Waals surface area (Å²) in [6, 6.07) is 2.74. The molecule has 5 nitrogen and oxygen atoms in total. The molecule has 0 unspecified atom stereocenters. The minimum Gasteiger partial charge on any atom is -0.379 e. The second kappa shape index (κ2) is 5.84. The van der Waals surface area contributed by atoms with Gasteiger partial charge in [0.1, 0.15) is 10.7 Å². The van der Waals surface area contributed by atoms with Crippen molar-refractivity contribution < 1.29 is 17.5 Å². The lowest BCUT2D eigenvalue weighted by Crippen LogP contribution is -2.41. The van der Waals surface area contributed by atoms with Crippen LogP contribution in [0.1, 0.15) is 5.56 Å². The Labute approximate surface area is 119 Å². The molecule has 1 heterocycles. The van der Waals surface area contributed by atoms with E-state index >= 15 is 0 Å². The van der Waals surface area contributed by atoms with Crippen LogP contribution < -0.4 is 5.73 Å². The molecule has 0 radical (unpaired) electrons. The fourth-order valence-corrected chi connectivity index (χ4v) is 4.08. The van der Waals surface area contributed by atoms with Gasteiger partial charge in [-0.3, -0.25) is 0 Å². The Bertz CT molecular complexity index is 574. The molecule has 0 bridgehead atoms. The number of rotatable bonds is 3. The minimum atomic E-state index is -3.86. The number of nitrogens with two attached hydrogens (primary N) is 1. The fourth-order valence-electron chi connectivity index (χ4n) is 1.88. The van der Waals surface area contributed by atoms with Gasteiger partial charge in [0.25, 0.3) is 0 Å². The molecule has 8 heteroatoms. The Morgan fingerprint density at radius 1 is 1.37 bits per heavy atom. The lowest BCUT2D eigenvalue weighted by molar-refractivity contribution is 0.0729. The number of nitrogens with zero attached hydrogens (tertiary/aromatic N) is 1. The van der Waals surface area contributed by atoms with Gasteiger partial charge in [-0.05, 0) is 12.1 Å². The Morgan fingerprint density at radius 3 is 2.58 bits per heavy atom. The van der Waals surface area contributed by atoms with E-state index < -0.39 is 15.8 Å². The van der Waals surface area contributed by atoms with Gasteiger partial charge in [-0.1, -0.05) is 15.9 Å². The van der Waals surface area contributed by atoms with E-state index in [0.717, 1.165) is 0 Å². The molecule has 0 atom stereocenters. The standard InChI is InChI=1S/C11H14BrFN2O3S/c12-9-5-8(7-14)11(13)10(6-9)19(16,17)15-1-3-18-4-2-15/h5-6H,1-4,7,14H2. The van der Waals surface area contributed by atoms with Crippen molar-refractivity contribution in [2.24, 2.45) is 5.73 Å². The number of halogens is 2. The van der Waals surface area contributed by atoms with E-state index in [-0.39, 0.29) is 30.1 Å². The van der Waals surface area contributed by atoms with E-state index in [1.54, 1.807) is 0 Å². The van der Waals surface area contributed by atoms with Gasteiger partial charge < -0.3 is 10.5 Å². The minimum absolute atomic E-state index is 0.0586. The zero-order valence-electron chi connectivity index (χ0n) is 10.1. The van der Waals surface area contributed by atoms with Crippen molar-refractivity contribution in [1.82, 2.24) is 4.31 Å². The molecule has 106 valence electrons. The van der Waals surface area contributed by atoms with Gasteiger partial charge in [0, 0.05) is 29.7 Å². The summed E-state index contributed by atoms with van der Waals surface area (Å²) in [6.45, 7) is 1.03. The van der Waals surface area contributed by atoms with Crippen LogP contribution in [0.5, 0.6) is 0 Å². The van der Waals surface area contributed by atoms with Crippen molar-refractivity contribution in [2.75, 3.05) is 26.3 Å². The van der Waals surface area contributed by atoms with E-state index in [4.69, 9.17) is 10.5 Å². The molecule has 0 aromatic heterocycles. The lowest BCUT2D eigenvalue weighted by Gasteiger charge is -2.26. The van der Waals surface area contributed by atoms with E-state index in [9.17, 15) is 12.8 Å². The molecule has 1 fully saturated rings. The summed E-state index contributed by atoms with van der Waals surface area (Å²) in [7, 11) is -3.86. The average molecular weight is 353 g/mol. The summed E-state index contributed by atoms with van der Waals surface area (Å²) < 4.78 is 45.8. The molecule has 2 rings (SSSR count). The summed E-state index contributed by atoms with van der Waals surface area (Å²) in [4.78, 5) is -0.343. The fraction of sp³-hybridized carbons (Fsp3) is 0.455. The summed E-state index contributed by atoms with van der Waals surface area (Å²) >= 11 is 3.17. The second-order valence-electron chi connectivity index (χ2n) is 4.10. The van der Waals surface area contributed by atoms with Crippen molar-refractivity contribution in [3.8, 4) is 0 Å². The molecular weight excluding hydrogens is 339 g/mol. The third-order valence-corrected chi connectivity index (χ3v) is 5.24. The van der Waals surface area contributed by atoms with Gasteiger partial charge in [0.05, 0.1) is 13.2 Å². The first-order valence-electron chi connectivity index (χ1n) is 5.72. The summed E-state index contributed by atoms with van der Waals surface area (Å²) in [6.07, 6.45) is 0. The van der Waals surface area contributed by atoms with E-state index in [1.165, 1.54) is 16.4 Å². The molecule has 1 aliphatic heterocycles. The normalized spacial score (nSPS) is 17.6. The zero-order valence-corrected chi connectivity index (χ0v) is 12.5. The maximum atomic E-state index is 14.2. The Balaban J connectivity index is 2.47. The van der Waals surface area contributed by atoms with Gasteiger partial charge in [-0.2, -0.15) is 4.31 Å². The predicted octanol–water partition coefficient (Wildman–Crippen LogP) is 1.07. The van der Waals surface area contributed by atoms with Crippen LogP contribution in [-0.4, -0.2) is 39.0 Å². The van der Waals surface area contributed by atoms with E-state index in [0.29, 0.717) is 17.7 Å². The van der Waals surface area contributed by atoms with Crippen molar-refractivity contribution in [1.29, 1.82) is 0 Å². The SMILES string of the molecule is NCc1cc(Br)cc(S(=O)(=O)N2CCOCC2)c1F. The summed E-state index contributed by atoms with van der Waals surface area (Å²) in [5, 5.41) is 0. The van der Waals surface area contributed by atoms with Gasteiger partial charge in [-0.15, -0.1) is 0 Å². The molecule has 0 amide bonds. The van der Waals surface area contributed by atoms with Crippen molar-refractivity contribution in [2.45, 2.75) is 11.4 Å². The molecule has 1 aromatic carbocycles. The Hall–Kier alpha value is -0.540. The highest BCUT2D eigenvalue weighted by Crippen LogP contribution is 2.26. The third kappa shape index (κ3) is 2.97. The van der Waals surface area contributed by atoms with Crippen LogP contribution in [0.4, 0.5) is 4.39 Å². The van der Waals surface area contributed by atoms with Crippen molar-refractivity contribution in [3.05, 3.63) is 28.0 Å². The van der Waals surface area contributed by atoms with Crippen LogP contribution in [-0.2, 0) is 21.3 Å². The highest BCUT2D eigenvalue weighted by molar-refractivity contribution is 9.10. The van der Waals surface area contributed by atoms with Crippen LogP contribution >= 0.6 is 15.9 Å². The lowest BCUT2D eigenvalue weighted by atomic mass is 10.2. The first-order chi connectivity index (χ1) is 8.96. The van der Waals surface area contributed by atoms with Crippen LogP contribution in [0.2, 0.25) is 0 Å². The molecular formula is C11H14BrFN2O3S. The van der Waals surface area contributed by atoms with Crippen molar-refractivity contribution >= 4 is 26.0 Å². The largest absolute Gasteiger partial charge is 0.379 e. The van der Waals surface area contributed by atoms with Gasteiger partial charge >= 0.3 is 0 Å². The first kappa shape index (κ1) is 14.9. The molecule has 1 aromatic rings. The smallest absolute Gasteiger partial charge is 0.246 e. The Morgan fingerprint density at radius 2 is 2.00 bits per heavy atom. The van der Waals surface area contributed by atoms with E-state index in [2.05, 4.69) is 15.9 Å². The number of hydrogen-bond acceptors (Lipinski definition) is 4. The highest BCUT2D eigenvalue weighted by atomic mass is 79.9. The predicted molar refractivity (Wildman–Crippen MR) is 71.6 cm³/mol. The van der Waals surface area contributed by atoms with Gasteiger partial charge in [0.2, 0.25) is 10.0 Å². The number of benzene rings is 1. The van der Waals surface area contributed by atoms with Crippen molar-refractivity contribution in [3.63, 3.8) is 0 Å². The monoisotopic (exact) mass is 352 g/mol. The van der Waals surface area contributed by atoms with Gasteiger partial charge in [-0.25, -0.2) is 12.8 Å². The van der Waals surface area contributed by atoms with Crippen LogP contribution in [0, 0.1) is 5.82 Å². The molecule has 19 heavy (non-hydrogen) atoms. The summed E-state index contributed by atoms with van der Waals surface area (Å²) in [5.41, 5.74) is 5.59. The molecule has 1 aliphatic rings. The molecule has 0 aliphatic carbocycles. The number of hydrogen-bond donors (Lipinski definition) is 1. The molecule has 2 N–H and O–H groups in total. The summed E-state index contributed by atoms with van der Waals surface area (Å²) in [5.74, 6) is -0.780. The quantitative estimate of drug-likeness (QED) is 0.882. The molecule has 0 saturated carbocycles.